The molecule has 0 saturated heterocycles. The van der Waals surface area contributed by atoms with Gasteiger partial charge in [0.05, 0.1) is 6.04 Å². The van der Waals surface area contributed by atoms with Crippen molar-refractivity contribution in [1.82, 2.24) is 0 Å². The van der Waals surface area contributed by atoms with Crippen LogP contribution in [-0.2, 0) is 9.59 Å². The highest BCUT2D eigenvalue weighted by Gasteiger charge is 2.27. The Kier molecular flexibility index (Phi) is 5.70. The first kappa shape index (κ1) is 16.2. The molecule has 0 radical (unpaired) electrons. The summed E-state index contributed by atoms with van der Waals surface area (Å²) in [6.07, 6.45) is 0.766. The number of rotatable bonds is 6. The molecule has 0 aliphatic carbocycles. The van der Waals surface area contributed by atoms with Crippen LogP contribution in [-0.4, -0.2) is 29.6 Å². The van der Waals surface area contributed by atoms with E-state index in [1.54, 1.807) is 12.1 Å². The van der Waals surface area contributed by atoms with E-state index in [9.17, 15) is 9.59 Å². The van der Waals surface area contributed by atoms with Crippen molar-refractivity contribution in [2.75, 3.05) is 11.4 Å². The molecule has 0 aromatic heterocycles. The number of benzene rings is 1. The summed E-state index contributed by atoms with van der Waals surface area (Å²) in [7, 11) is 0. The zero-order chi connectivity index (χ0) is 15.3. The molecule has 1 amide bonds. The summed E-state index contributed by atoms with van der Waals surface area (Å²) in [4.78, 5) is 24.6. The van der Waals surface area contributed by atoms with E-state index in [1.165, 1.54) is 4.90 Å². The number of anilines is 1. The number of carbonyl (C=O) groups is 2. The zero-order valence-electron chi connectivity index (χ0n) is 12.2. The van der Waals surface area contributed by atoms with E-state index in [0.717, 1.165) is 12.0 Å². The SMILES string of the molecule is CCC(C)[C@H](N)C(=O)N(CC(=O)O)c1ccc(C)cc1. The predicted molar refractivity (Wildman–Crippen MR) is 78.6 cm³/mol. The van der Waals surface area contributed by atoms with Gasteiger partial charge < -0.3 is 10.8 Å². The first-order valence-corrected chi connectivity index (χ1v) is 6.72. The molecule has 110 valence electrons. The summed E-state index contributed by atoms with van der Waals surface area (Å²) >= 11 is 0. The van der Waals surface area contributed by atoms with Gasteiger partial charge in [-0.25, -0.2) is 0 Å². The first-order chi connectivity index (χ1) is 9.36. The van der Waals surface area contributed by atoms with Gasteiger partial charge in [-0.15, -0.1) is 0 Å². The van der Waals surface area contributed by atoms with E-state index < -0.39 is 12.0 Å². The third-order valence-electron chi connectivity index (χ3n) is 3.45. The number of hydrogen-bond donors (Lipinski definition) is 2. The molecule has 0 saturated carbocycles. The number of aryl methyl sites for hydroxylation is 1. The van der Waals surface area contributed by atoms with Gasteiger partial charge in [0.15, 0.2) is 0 Å². The Hall–Kier alpha value is -1.88. The Morgan fingerprint density at radius 2 is 1.85 bits per heavy atom. The van der Waals surface area contributed by atoms with Gasteiger partial charge in [0.25, 0.3) is 0 Å². The Balaban J connectivity index is 3.03. The van der Waals surface area contributed by atoms with E-state index >= 15 is 0 Å². The minimum Gasteiger partial charge on any atom is -0.480 e. The third kappa shape index (κ3) is 4.06. The molecule has 0 bridgehead atoms. The minimum absolute atomic E-state index is 0.00393. The second-order valence-corrected chi connectivity index (χ2v) is 5.06. The quantitative estimate of drug-likeness (QED) is 0.831. The molecule has 0 aliphatic rings. The number of amides is 1. The van der Waals surface area contributed by atoms with Crippen LogP contribution in [0.3, 0.4) is 0 Å². The van der Waals surface area contributed by atoms with E-state index in [-0.39, 0.29) is 18.4 Å². The van der Waals surface area contributed by atoms with Gasteiger partial charge in [-0.3, -0.25) is 14.5 Å². The van der Waals surface area contributed by atoms with E-state index in [2.05, 4.69) is 0 Å². The average Bonchev–Trinajstić information content (AvgIpc) is 2.43. The second-order valence-electron chi connectivity index (χ2n) is 5.06. The summed E-state index contributed by atoms with van der Waals surface area (Å²) in [6.45, 7) is 5.38. The summed E-state index contributed by atoms with van der Waals surface area (Å²) in [5, 5.41) is 8.99. The number of nitrogens with zero attached hydrogens (tertiary/aromatic N) is 1. The van der Waals surface area contributed by atoms with Crippen molar-refractivity contribution >= 4 is 17.6 Å². The van der Waals surface area contributed by atoms with Crippen molar-refractivity contribution in [1.29, 1.82) is 0 Å². The zero-order valence-corrected chi connectivity index (χ0v) is 12.2. The number of hydrogen-bond acceptors (Lipinski definition) is 3. The monoisotopic (exact) mass is 278 g/mol. The predicted octanol–water partition coefficient (Wildman–Crippen LogP) is 1.79. The van der Waals surface area contributed by atoms with Crippen LogP contribution in [0.4, 0.5) is 5.69 Å². The lowest BCUT2D eigenvalue weighted by molar-refractivity contribution is -0.137. The molecule has 5 nitrogen and oxygen atoms in total. The van der Waals surface area contributed by atoms with Crippen molar-refractivity contribution in [3.63, 3.8) is 0 Å². The molecule has 0 fully saturated rings. The standard InChI is InChI=1S/C15H22N2O3/c1-4-11(3)14(16)15(20)17(9-13(18)19)12-7-5-10(2)6-8-12/h5-8,11,14H,4,9,16H2,1-3H3,(H,18,19)/t11?,14-/m0/s1. The lowest BCUT2D eigenvalue weighted by Gasteiger charge is -2.27. The molecule has 1 aromatic rings. The maximum absolute atomic E-state index is 12.4. The highest BCUT2D eigenvalue weighted by atomic mass is 16.4. The highest BCUT2D eigenvalue weighted by Crippen LogP contribution is 2.18. The molecule has 20 heavy (non-hydrogen) atoms. The molecule has 0 spiro atoms. The summed E-state index contributed by atoms with van der Waals surface area (Å²) < 4.78 is 0. The number of carboxylic acids is 1. The molecule has 1 unspecified atom stereocenters. The summed E-state index contributed by atoms with van der Waals surface area (Å²) in [5.74, 6) is -1.41. The topological polar surface area (TPSA) is 83.6 Å². The Labute approximate surface area is 119 Å². The van der Waals surface area contributed by atoms with E-state index in [4.69, 9.17) is 10.8 Å². The van der Waals surface area contributed by atoms with Crippen molar-refractivity contribution in [3.8, 4) is 0 Å². The van der Waals surface area contributed by atoms with Gasteiger partial charge in [0, 0.05) is 5.69 Å². The lowest BCUT2D eigenvalue weighted by atomic mass is 9.98. The van der Waals surface area contributed by atoms with Gasteiger partial charge in [-0.05, 0) is 25.0 Å². The van der Waals surface area contributed by atoms with Gasteiger partial charge in [0.2, 0.25) is 5.91 Å². The van der Waals surface area contributed by atoms with E-state index in [1.807, 2.05) is 32.9 Å². The Bertz CT molecular complexity index is 471. The first-order valence-electron chi connectivity index (χ1n) is 6.72. The fourth-order valence-electron chi connectivity index (χ4n) is 1.83. The van der Waals surface area contributed by atoms with Crippen LogP contribution in [0.25, 0.3) is 0 Å². The van der Waals surface area contributed by atoms with Crippen LogP contribution in [0.1, 0.15) is 25.8 Å². The molecule has 0 heterocycles. The van der Waals surface area contributed by atoms with Gasteiger partial charge in [-0.1, -0.05) is 38.0 Å². The van der Waals surface area contributed by atoms with Crippen LogP contribution < -0.4 is 10.6 Å². The third-order valence-corrected chi connectivity index (χ3v) is 3.45. The largest absolute Gasteiger partial charge is 0.480 e. The summed E-state index contributed by atoms with van der Waals surface area (Å²) in [6, 6.07) is 6.46. The summed E-state index contributed by atoms with van der Waals surface area (Å²) in [5.41, 5.74) is 7.53. The average molecular weight is 278 g/mol. The van der Waals surface area contributed by atoms with Crippen LogP contribution >= 0.6 is 0 Å². The fraction of sp³-hybridized carbons (Fsp3) is 0.467. The van der Waals surface area contributed by atoms with Gasteiger partial charge >= 0.3 is 5.97 Å². The molecular weight excluding hydrogens is 256 g/mol. The van der Waals surface area contributed by atoms with Crippen LogP contribution in [0, 0.1) is 12.8 Å². The van der Waals surface area contributed by atoms with Gasteiger partial charge in [0.1, 0.15) is 6.54 Å². The maximum Gasteiger partial charge on any atom is 0.323 e. The number of carbonyl (C=O) groups excluding carboxylic acids is 1. The minimum atomic E-state index is -1.06. The number of aliphatic carboxylic acids is 1. The number of carboxylic acid groups (broad SMARTS) is 1. The van der Waals surface area contributed by atoms with Crippen molar-refractivity contribution in [2.24, 2.45) is 11.7 Å². The molecule has 5 heteroatoms. The lowest BCUT2D eigenvalue weighted by Crippen LogP contribution is -2.49. The van der Waals surface area contributed by atoms with Crippen molar-refractivity contribution in [3.05, 3.63) is 29.8 Å². The highest BCUT2D eigenvalue weighted by molar-refractivity contribution is 6.00. The van der Waals surface area contributed by atoms with Crippen LogP contribution in [0.15, 0.2) is 24.3 Å². The smallest absolute Gasteiger partial charge is 0.323 e. The maximum atomic E-state index is 12.4. The fourth-order valence-corrected chi connectivity index (χ4v) is 1.83. The Morgan fingerprint density at radius 3 is 2.30 bits per heavy atom. The molecule has 3 N–H and O–H groups in total. The molecule has 1 rings (SSSR count). The molecular formula is C15H22N2O3. The van der Waals surface area contributed by atoms with Crippen molar-refractivity contribution in [2.45, 2.75) is 33.2 Å². The Morgan fingerprint density at radius 1 is 1.30 bits per heavy atom. The molecule has 1 aromatic carbocycles. The van der Waals surface area contributed by atoms with Crippen LogP contribution in [0.5, 0.6) is 0 Å². The molecule has 2 atom stereocenters. The van der Waals surface area contributed by atoms with Crippen molar-refractivity contribution < 1.29 is 14.7 Å². The second kappa shape index (κ2) is 7.05. The number of nitrogens with two attached hydrogens (primary N) is 1. The van der Waals surface area contributed by atoms with Gasteiger partial charge in [-0.2, -0.15) is 0 Å². The van der Waals surface area contributed by atoms with Crippen LogP contribution in [0.2, 0.25) is 0 Å². The molecule has 0 aliphatic heterocycles. The van der Waals surface area contributed by atoms with E-state index in [0.29, 0.717) is 5.69 Å². The normalized spacial score (nSPS) is 13.6.